The standard InChI is InChI=1S/C24H41N5O2.HI/c1-5-10-27-11-9-20(18-27)17-26-24(25-6-2)29-14-12-28(13-15-29)19-21-16-22(30-3)7-8-23(21)31-4;/h7-8,16,20H,5-6,9-15,17-19H2,1-4H3,(H,25,26);1H. The van der Waals surface area contributed by atoms with Gasteiger partial charge in [0.2, 0.25) is 0 Å². The highest BCUT2D eigenvalue weighted by molar-refractivity contribution is 14.0. The highest BCUT2D eigenvalue weighted by atomic mass is 127. The molecule has 2 aliphatic heterocycles. The summed E-state index contributed by atoms with van der Waals surface area (Å²) in [5, 5.41) is 3.52. The molecule has 1 unspecified atom stereocenters. The Labute approximate surface area is 211 Å². The monoisotopic (exact) mass is 559 g/mol. The fourth-order valence-corrected chi connectivity index (χ4v) is 4.59. The van der Waals surface area contributed by atoms with E-state index in [4.69, 9.17) is 14.5 Å². The van der Waals surface area contributed by atoms with Crippen molar-refractivity contribution in [2.75, 3.05) is 73.1 Å². The average molecular weight is 560 g/mol. The summed E-state index contributed by atoms with van der Waals surface area (Å²) in [7, 11) is 3.44. The minimum Gasteiger partial charge on any atom is -0.497 e. The number of guanidine groups is 1. The van der Waals surface area contributed by atoms with Gasteiger partial charge in [0, 0.05) is 57.9 Å². The number of ether oxygens (including phenoxy) is 2. The number of aliphatic imine (C=N–C) groups is 1. The molecule has 0 spiro atoms. The highest BCUT2D eigenvalue weighted by Crippen LogP contribution is 2.25. The molecule has 1 N–H and O–H groups in total. The normalized spacial score (nSPS) is 20.2. The number of hydrogen-bond acceptors (Lipinski definition) is 5. The zero-order valence-corrected chi connectivity index (χ0v) is 22.6. The van der Waals surface area contributed by atoms with Gasteiger partial charge in [-0.05, 0) is 57.0 Å². The van der Waals surface area contributed by atoms with Gasteiger partial charge in [-0.3, -0.25) is 9.89 Å². The maximum atomic E-state index is 5.56. The lowest BCUT2D eigenvalue weighted by molar-refractivity contribution is 0.171. The first-order valence-corrected chi connectivity index (χ1v) is 11.9. The second-order valence-corrected chi connectivity index (χ2v) is 8.59. The molecule has 2 saturated heterocycles. The van der Waals surface area contributed by atoms with Crippen molar-refractivity contribution >= 4 is 29.9 Å². The number of halogens is 1. The molecule has 1 atom stereocenters. The molecule has 2 aliphatic rings. The number of nitrogens with zero attached hydrogens (tertiary/aromatic N) is 4. The summed E-state index contributed by atoms with van der Waals surface area (Å²) in [5.41, 5.74) is 1.17. The van der Waals surface area contributed by atoms with Gasteiger partial charge in [0.1, 0.15) is 11.5 Å². The summed E-state index contributed by atoms with van der Waals surface area (Å²) < 4.78 is 11.0. The van der Waals surface area contributed by atoms with E-state index in [1.165, 1.54) is 38.0 Å². The number of likely N-dealkylation sites (tertiary alicyclic amines) is 1. The van der Waals surface area contributed by atoms with Crippen LogP contribution in [0, 0.1) is 5.92 Å². The molecule has 2 heterocycles. The molecule has 0 saturated carbocycles. The fraction of sp³-hybridized carbons (Fsp3) is 0.708. The van der Waals surface area contributed by atoms with Gasteiger partial charge in [-0.1, -0.05) is 6.92 Å². The van der Waals surface area contributed by atoms with Gasteiger partial charge in [0.15, 0.2) is 5.96 Å². The highest BCUT2D eigenvalue weighted by Gasteiger charge is 2.24. The summed E-state index contributed by atoms with van der Waals surface area (Å²) in [4.78, 5) is 12.5. The summed E-state index contributed by atoms with van der Waals surface area (Å²) in [6.45, 7) is 14.8. The molecule has 0 aliphatic carbocycles. The number of piperazine rings is 1. The molecule has 182 valence electrons. The van der Waals surface area contributed by atoms with Crippen LogP contribution in [0.2, 0.25) is 0 Å². The van der Waals surface area contributed by atoms with Crippen LogP contribution in [0.5, 0.6) is 11.5 Å². The first-order valence-electron chi connectivity index (χ1n) is 11.9. The van der Waals surface area contributed by atoms with Gasteiger partial charge >= 0.3 is 0 Å². The Bertz CT molecular complexity index is 710. The van der Waals surface area contributed by atoms with Gasteiger partial charge in [-0.25, -0.2) is 0 Å². The van der Waals surface area contributed by atoms with Crippen LogP contribution in [0.1, 0.15) is 32.3 Å². The first-order chi connectivity index (χ1) is 15.2. The SMILES string of the molecule is CCCN1CCC(CN=C(NCC)N2CCN(Cc3cc(OC)ccc3OC)CC2)C1.I. The van der Waals surface area contributed by atoms with E-state index in [0.29, 0.717) is 5.92 Å². The molecular formula is C24H42IN5O2. The molecule has 3 rings (SSSR count). The Balaban J connectivity index is 0.00000363. The quantitative estimate of drug-likeness (QED) is 0.285. The molecule has 8 heteroatoms. The minimum absolute atomic E-state index is 0. The van der Waals surface area contributed by atoms with Crippen LogP contribution in [0.3, 0.4) is 0 Å². The second kappa shape index (κ2) is 14.1. The smallest absolute Gasteiger partial charge is 0.194 e. The Morgan fingerprint density at radius 2 is 1.84 bits per heavy atom. The number of methoxy groups -OCH3 is 2. The summed E-state index contributed by atoms with van der Waals surface area (Å²) >= 11 is 0. The van der Waals surface area contributed by atoms with E-state index in [2.05, 4.69) is 39.9 Å². The van der Waals surface area contributed by atoms with Crippen molar-refractivity contribution in [2.24, 2.45) is 10.9 Å². The van der Waals surface area contributed by atoms with Crippen LogP contribution < -0.4 is 14.8 Å². The Morgan fingerprint density at radius 1 is 1.06 bits per heavy atom. The van der Waals surface area contributed by atoms with Crippen molar-refractivity contribution in [3.05, 3.63) is 23.8 Å². The molecule has 0 bridgehead atoms. The first kappa shape index (κ1) is 27.0. The topological polar surface area (TPSA) is 52.6 Å². The Hall–Kier alpha value is -1.26. The largest absolute Gasteiger partial charge is 0.497 e. The van der Waals surface area contributed by atoms with Crippen LogP contribution >= 0.6 is 24.0 Å². The third-order valence-corrected chi connectivity index (χ3v) is 6.30. The van der Waals surface area contributed by atoms with Crippen molar-refractivity contribution in [3.8, 4) is 11.5 Å². The van der Waals surface area contributed by atoms with Crippen LogP contribution in [-0.2, 0) is 6.54 Å². The van der Waals surface area contributed by atoms with Gasteiger partial charge in [0.25, 0.3) is 0 Å². The van der Waals surface area contributed by atoms with E-state index in [9.17, 15) is 0 Å². The molecular weight excluding hydrogens is 517 g/mol. The predicted molar refractivity (Wildman–Crippen MR) is 143 cm³/mol. The van der Waals surface area contributed by atoms with Crippen molar-refractivity contribution in [3.63, 3.8) is 0 Å². The van der Waals surface area contributed by atoms with Crippen LogP contribution in [-0.4, -0.2) is 93.8 Å². The van der Waals surface area contributed by atoms with Crippen molar-refractivity contribution in [1.29, 1.82) is 0 Å². The Morgan fingerprint density at radius 3 is 2.50 bits per heavy atom. The molecule has 0 amide bonds. The van der Waals surface area contributed by atoms with Gasteiger partial charge < -0.3 is 24.6 Å². The molecule has 7 nitrogen and oxygen atoms in total. The number of benzene rings is 1. The average Bonchev–Trinajstić information content (AvgIpc) is 3.25. The third-order valence-electron chi connectivity index (χ3n) is 6.30. The maximum Gasteiger partial charge on any atom is 0.194 e. The number of hydrogen-bond donors (Lipinski definition) is 1. The zero-order valence-electron chi connectivity index (χ0n) is 20.3. The van der Waals surface area contributed by atoms with E-state index < -0.39 is 0 Å². The summed E-state index contributed by atoms with van der Waals surface area (Å²) in [6, 6.07) is 6.02. The van der Waals surface area contributed by atoms with E-state index in [1.54, 1.807) is 14.2 Å². The third kappa shape index (κ3) is 7.66. The van der Waals surface area contributed by atoms with Crippen LogP contribution in [0.25, 0.3) is 0 Å². The van der Waals surface area contributed by atoms with E-state index in [0.717, 1.165) is 63.3 Å². The fourth-order valence-electron chi connectivity index (χ4n) is 4.59. The summed E-state index contributed by atoms with van der Waals surface area (Å²) in [6.07, 6.45) is 2.52. The lowest BCUT2D eigenvalue weighted by Gasteiger charge is -2.36. The lowest BCUT2D eigenvalue weighted by atomic mass is 10.1. The molecule has 32 heavy (non-hydrogen) atoms. The maximum absolute atomic E-state index is 5.56. The van der Waals surface area contributed by atoms with Crippen molar-refractivity contribution < 1.29 is 9.47 Å². The van der Waals surface area contributed by atoms with Gasteiger partial charge in [-0.15, -0.1) is 24.0 Å². The molecule has 1 aromatic rings. The lowest BCUT2D eigenvalue weighted by Crippen LogP contribution is -2.52. The molecule has 2 fully saturated rings. The van der Waals surface area contributed by atoms with Crippen molar-refractivity contribution in [1.82, 2.24) is 20.0 Å². The molecule has 0 aromatic heterocycles. The zero-order chi connectivity index (χ0) is 22.1. The van der Waals surface area contributed by atoms with E-state index >= 15 is 0 Å². The Kier molecular flexibility index (Phi) is 11.9. The van der Waals surface area contributed by atoms with E-state index in [1.807, 2.05) is 12.1 Å². The summed E-state index contributed by atoms with van der Waals surface area (Å²) in [5.74, 6) is 3.57. The van der Waals surface area contributed by atoms with Crippen molar-refractivity contribution in [2.45, 2.75) is 33.2 Å². The van der Waals surface area contributed by atoms with Gasteiger partial charge in [0.05, 0.1) is 14.2 Å². The van der Waals surface area contributed by atoms with Gasteiger partial charge in [-0.2, -0.15) is 0 Å². The van der Waals surface area contributed by atoms with E-state index in [-0.39, 0.29) is 24.0 Å². The predicted octanol–water partition coefficient (Wildman–Crippen LogP) is 3.14. The minimum atomic E-state index is 0. The number of rotatable bonds is 9. The molecule has 0 radical (unpaired) electrons. The second-order valence-electron chi connectivity index (χ2n) is 8.59. The van der Waals surface area contributed by atoms with Crippen LogP contribution in [0.15, 0.2) is 23.2 Å². The molecule has 1 aromatic carbocycles. The van der Waals surface area contributed by atoms with Crippen LogP contribution in [0.4, 0.5) is 0 Å². The number of nitrogens with one attached hydrogen (secondary N) is 1.